The molecule has 3 heterocycles. The molecule has 1 aromatic rings. The van der Waals surface area contributed by atoms with Crippen molar-refractivity contribution in [2.45, 2.75) is 0 Å². The monoisotopic (exact) mass is 273 g/mol. The maximum atomic E-state index is 5.43. The fourth-order valence-electron chi connectivity index (χ4n) is 2.29. The molecule has 20 heavy (non-hydrogen) atoms. The van der Waals surface area contributed by atoms with Crippen LogP contribution in [0.5, 0.6) is 5.75 Å². The lowest BCUT2D eigenvalue weighted by Crippen LogP contribution is -2.25. The van der Waals surface area contributed by atoms with Crippen LogP contribution >= 0.6 is 0 Å². The third-order valence-electron chi connectivity index (χ3n) is 3.36. The summed E-state index contributed by atoms with van der Waals surface area (Å²) in [5.41, 5.74) is 0. The number of hydrogen-bond acceptors (Lipinski definition) is 6. The minimum Gasteiger partial charge on any atom is -0.493 e. The Kier molecular flexibility index (Phi) is 3.14. The molecule has 0 saturated heterocycles. The van der Waals surface area contributed by atoms with Gasteiger partial charge in [0.05, 0.1) is 20.4 Å². The summed E-state index contributed by atoms with van der Waals surface area (Å²) in [6.45, 7) is 1.59. The van der Waals surface area contributed by atoms with Crippen LogP contribution in [0.4, 0.5) is 11.6 Å². The second kappa shape index (κ2) is 4.96. The number of ether oxygens (including phenoxy) is 1. The number of aromatic nitrogens is 1. The van der Waals surface area contributed by atoms with E-state index in [9.17, 15) is 0 Å². The van der Waals surface area contributed by atoms with Crippen molar-refractivity contribution < 1.29 is 4.74 Å². The molecule has 0 spiro atoms. The molecule has 0 fully saturated rings. The molecule has 0 aromatic carbocycles. The van der Waals surface area contributed by atoms with Gasteiger partial charge in [0, 0.05) is 38.9 Å². The molecule has 1 aromatic heterocycles. The van der Waals surface area contributed by atoms with Gasteiger partial charge in [-0.25, -0.2) is 4.98 Å². The van der Waals surface area contributed by atoms with Crippen molar-refractivity contribution in [3.8, 4) is 5.75 Å². The molecule has 2 aliphatic rings. The maximum Gasteiger partial charge on any atom is 0.179 e. The molecule has 0 unspecified atom stereocenters. The number of anilines is 2. The highest BCUT2D eigenvalue weighted by Gasteiger charge is 2.20. The van der Waals surface area contributed by atoms with Gasteiger partial charge < -0.3 is 24.3 Å². The van der Waals surface area contributed by atoms with Crippen LogP contribution in [0, 0.1) is 0 Å². The van der Waals surface area contributed by atoms with Crippen LogP contribution in [0.2, 0.25) is 0 Å². The Bertz CT molecular complexity index is 556. The van der Waals surface area contributed by atoms with Gasteiger partial charge in [-0.3, -0.25) is 0 Å². The quantitative estimate of drug-likeness (QED) is 0.829. The Morgan fingerprint density at radius 1 is 0.950 bits per heavy atom. The third kappa shape index (κ3) is 2.24. The third-order valence-corrected chi connectivity index (χ3v) is 3.36. The van der Waals surface area contributed by atoms with Crippen LogP contribution in [-0.4, -0.2) is 49.3 Å². The van der Waals surface area contributed by atoms with E-state index in [1.54, 1.807) is 7.11 Å². The standard InChI is InChI=1S/C14H19N5O/c1-16-6-8-18(10-16)13-5-4-12(20-3)14(15-13)19-9-7-17(2)11-19/h4-9H,10-11H2,1-3H3. The Balaban J connectivity index is 1.91. The first-order valence-corrected chi connectivity index (χ1v) is 6.53. The smallest absolute Gasteiger partial charge is 0.179 e. The molecule has 0 N–H and O–H groups in total. The lowest BCUT2D eigenvalue weighted by atomic mass is 10.3. The fraction of sp³-hybridized carbons (Fsp3) is 0.357. The lowest BCUT2D eigenvalue weighted by molar-refractivity contribution is 0.411. The van der Waals surface area contributed by atoms with E-state index in [1.807, 2.05) is 51.0 Å². The van der Waals surface area contributed by atoms with Crippen LogP contribution < -0.4 is 14.5 Å². The van der Waals surface area contributed by atoms with Crippen molar-refractivity contribution in [1.29, 1.82) is 0 Å². The van der Waals surface area contributed by atoms with Crippen LogP contribution in [0.25, 0.3) is 0 Å². The van der Waals surface area contributed by atoms with Crippen molar-refractivity contribution in [2.75, 3.05) is 44.3 Å². The zero-order valence-electron chi connectivity index (χ0n) is 12.0. The predicted molar refractivity (Wildman–Crippen MR) is 79.3 cm³/mol. The molecule has 0 amide bonds. The summed E-state index contributed by atoms with van der Waals surface area (Å²) in [7, 11) is 5.75. The maximum absolute atomic E-state index is 5.43. The molecule has 6 heteroatoms. The van der Waals surface area contributed by atoms with Crippen molar-refractivity contribution in [1.82, 2.24) is 14.8 Å². The van der Waals surface area contributed by atoms with Gasteiger partial charge in [-0.1, -0.05) is 0 Å². The summed E-state index contributed by atoms with van der Waals surface area (Å²) in [4.78, 5) is 13.1. The number of rotatable bonds is 3. The zero-order chi connectivity index (χ0) is 14.1. The molecular weight excluding hydrogens is 254 g/mol. The number of hydrogen-bond donors (Lipinski definition) is 0. The second-order valence-electron chi connectivity index (χ2n) is 5.03. The second-order valence-corrected chi connectivity index (χ2v) is 5.03. The van der Waals surface area contributed by atoms with Crippen molar-refractivity contribution in [3.63, 3.8) is 0 Å². The first kappa shape index (κ1) is 12.7. The molecule has 0 atom stereocenters. The summed E-state index contributed by atoms with van der Waals surface area (Å²) >= 11 is 0. The number of nitrogens with zero attached hydrogens (tertiary/aromatic N) is 5. The fourth-order valence-corrected chi connectivity index (χ4v) is 2.29. The Labute approximate surface area is 119 Å². The molecule has 0 aliphatic carbocycles. The summed E-state index contributed by atoms with van der Waals surface area (Å²) < 4.78 is 5.43. The highest BCUT2D eigenvalue weighted by atomic mass is 16.5. The van der Waals surface area contributed by atoms with Gasteiger partial charge >= 0.3 is 0 Å². The summed E-state index contributed by atoms with van der Waals surface area (Å²) in [6.07, 6.45) is 8.11. The van der Waals surface area contributed by atoms with Crippen LogP contribution in [0.15, 0.2) is 36.9 Å². The summed E-state index contributed by atoms with van der Waals surface area (Å²) in [5, 5.41) is 0. The minimum atomic E-state index is 0.780. The highest BCUT2D eigenvalue weighted by Crippen LogP contribution is 2.31. The first-order valence-electron chi connectivity index (χ1n) is 6.53. The van der Waals surface area contributed by atoms with Gasteiger partial charge in [0.25, 0.3) is 0 Å². The summed E-state index contributed by atoms with van der Waals surface area (Å²) in [5.74, 6) is 2.54. The van der Waals surface area contributed by atoms with Gasteiger partial charge in [-0.05, 0) is 12.1 Å². The minimum absolute atomic E-state index is 0.780. The average Bonchev–Trinajstić information content (AvgIpc) is 3.07. The first-order chi connectivity index (χ1) is 9.67. The largest absolute Gasteiger partial charge is 0.493 e. The molecule has 2 aliphatic heterocycles. The molecule has 106 valence electrons. The normalized spacial score (nSPS) is 17.6. The molecule has 0 saturated carbocycles. The average molecular weight is 273 g/mol. The topological polar surface area (TPSA) is 35.1 Å². The Hall–Kier alpha value is -2.37. The van der Waals surface area contributed by atoms with Crippen molar-refractivity contribution >= 4 is 11.6 Å². The van der Waals surface area contributed by atoms with Crippen LogP contribution in [-0.2, 0) is 0 Å². The molecular formula is C14H19N5O. The molecule has 3 rings (SSSR count). The van der Waals surface area contributed by atoms with E-state index >= 15 is 0 Å². The lowest BCUT2D eigenvalue weighted by Gasteiger charge is -2.23. The van der Waals surface area contributed by atoms with E-state index in [1.165, 1.54) is 0 Å². The van der Waals surface area contributed by atoms with E-state index in [4.69, 9.17) is 9.72 Å². The van der Waals surface area contributed by atoms with Gasteiger partial charge in [-0.2, -0.15) is 0 Å². The van der Waals surface area contributed by atoms with E-state index in [0.29, 0.717) is 0 Å². The Morgan fingerprint density at radius 2 is 1.60 bits per heavy atom. The van der Waals surface area contributed by atoms with Gasteiger partial charge in [-0.15, -0.1) is 0 Å². The number of pyridine rings is 1. The molecule has 0 bridgehead atoms. The number of methoxy groups -OCH3 is 1. The molecule has 6 nitrogen and oxygen atoms in total. The molecule has 0 radical (unpaired) electrons. The van der Waals surface area contributed by atoms with Gasteiger partial charge in [0.1, 0.15) is 5.82 Å². The van der Waals surface area contributed by atoms with E-state index in [2.05, 4.69) is 19.6 Å². The predicted octanol–water partition coefficient (Wildman–Crippen LogP) is 1.45. The SMILES string of the molecule is COc1ccc(N2C=CN(C)C2)nc1N1C=CN(C)C1. The highest BCUT2D eigenvalue weighted by molar-refractivity contribution is 5.61. The van der Waals surface area contributed by atoms with Crippen LogP contribution in [0.3, 0.4) is 0 Å². The van der Waals surface area contributed by atoms with E-state index in [-0.39, 0.29) is 0 Å². The zero-order valence-corrected chi connectivity index (χ0v) is 12.0. The summed E-state index contributed by atoms with van der Waals surface area (Å²) in [6, 6.07) is 3.95. The van der Waals surface area contributed by atoms with Gasteiger partial charge in [0.2, 0.25) is 0 Å². The van der Waals surface area contributed by atoms with E-state index in [0.717, 1.165) is 30.7 Å². The van der Waals surface area contributed by atoms with Crippen molar-refractivity contribution in [3.05, 3.63) is 36.9 Å². The Morgan fingerprint density at radius 3 is 2.15 bits per heavy atom. The van der Waals surface area contributed by atoms with E-state index < -0.39 is 0 Å². The van der Waals surface area contributed by atoms with Crippen LogP contribution in [0.1, 0.15) is 0 Å². The van der Waals surface area contributed by atoms with Gasteiger partial charge in [0.15, 0.2) is 11.6 Å². The van der Waals surface area contributed by atoms with Crippen molar-refractivity contribution in [2.24, 2.45) is 0 Å².